The number of thiophene rings is 1. The molecule has 4 heterocycles. The van der Waals surface area contributed by atoms with Crippen molar-refractivity contribution in [1.29, 1.82) is 0 Å². The molecule has 0 saturated heterocycles. The molecule has 0 N–H and O–H groups in total. The minimum atomic E-state index is -0.368. The summed E-state index contributed by atoms with van der Waals surface area (Å²) in [6.07, 6.45) is 0. The highest BCUT2D eigenvalue weighted by atomic mass is 32.1. The lowest BCUT2D eigenvalue weighted by Gasteiger charge is -2.13. The van der Waals surface area contributed by atoms with Gasteiger partial charge in [-0.25, -0.2) is 9.20 Å². The fourth-order valence-electron chi connectivity index (χ4n) is 6.28. The van der Waals surface area contributed by atoms with Crippen molar-refractivity contribution in [2.75, 3.05) is 0 Å². The fraction of sp³-hybridized carbons (Fsp3) is 0. The highest BCUT2D eigenvalue weighted by Gasteiger charge is 2.21. The van der Waals surface area contributed by atoms with Crippen LogP contribution in [0.3, 0.4) is 0 Å². The summed E-state index contributed by atoms with van der Waals surface area (Å²) < 4.78 is 6.07. The van der Waals surface area contributed by atoms with Crippen LogP contribution in [0.1, 0.15) is 0 Å². The molecule has 9 aromatic rings. The van der Waals surface area contributed by atoms with Crippen LogP contribution in [0.15, 0.2) is 138 Å². The van der Waals surface area contributed by atoms with Crippen LogP contribution in [0, 0.1) is 0 Å². The maximum atomic E-state index is 14.0. The predicted molar refractivity (Wildman–Crippen MR) is 177 cm³/mol. The summed E-state index contributed by atoms with van der Waals surface area (Å²) in [5, 5.41) is 4.62. The summed E-state index contributed by atoms with van der Waals surface area (Å²) in [6.45, 7) is 0. The molecule has 0 aliphatic rings. The monoisotopic (exact) mass is 570 g/mol. The lowest BCUT2D eigenvalue weighted by atomic mass is 10.0. The number of para-hydroxylation sites is 1. The van der Waals surface area contributed by atoms with Crippen LogP contribution < -0.4 is 5.69 Å². The first-order chi connectivity index (χ1) is 21.2. The van der Waals surface area contributed by atoms with E-state index in [4.69, 9.17) is 4.98 Å². The molecule has 202 valence electrons. The topological polar surface area (TPSA) is 52.2 Å². The van der Waals surface area contributed by atoms with Crippen LogP contribution in [-0.4, -0.2) is 18.9 Å². The van der Waals surface area contributed by atoms with Gasteiger partial charge in [0.1, 0.15) is 5.65 Å². The Hall–Kier alpha value is -5.59. The molecule has 5 aromatic carbocycles. The predicted octanol–water partition coefficient (Wildman–Crippen LogP) is 8.89. The Kier molecular flexibility index (Phi) is 5.15. The maximum absolute atomic E-state index is 14.0. The van der Waals surface area contributed by atoms with Gasteiger partial charge in [0.2, 0.25) is 5.95 Å². The standard InChI is InChI=1S/C37H22N4OS/c42-37-39-36(38-33-22-25(23-11-3-1-4-12-23)21-31(40(33)37)24-13-5-2-6-14-24)41-30-17-9-7-15-26(30)28-19-20-29-27-16-8-10-18-32(27)43-35(29)34(28)41/h1-22H. The van der Waals surface area contributed by atoms with E-state index in [2.05, 4.69) is 76.3 Å². The smallest absolute Gasteiger partial charge is 0.276 e. The lowest BCUT2D eigenvalue weighted by molar-refractivity contribution is 0.891. The SMILES string of the molecule is O=c1nc(-n2c3ccccc3c3ccc4c5ccccc5sc4c32)nc2cc(-c3ccccc3)cc(-c3ccccc3)n12. The molecule has 0 radical (unpaired) electrons. The average molecular weight is 571 g/mol. The molecular formula is C37H22N4OS. The van der Waals surface area contributed by atoms with E-state index in [0.717, 1.165) is 48.9 Å². The molecule has 0 amide bonds. The number of aromatic nitrogens is 4. The number of pyridine rings is 1. The van der Waals surface area contributed by atoms with Crippen LogP contribution in [0.25, 0.3) is 76.0 Å². The van der Waals surface area contributed by atoms with Gasteiger partial charge in [-0.3, -0.25) is 4.57 Å². The molecule has 0 unspecified atom stereocenters. The third kappa shape index (κ3) is 3.60. The Morgan fingerprint density at radius 1 is 0.558 bits per heavy atom. The number of hydrogen-bond donors (Lipinski definition) is 0. The van der Waals surface area contributed by atoms with Gasteiger partial charge in [-0.05, 0) is 41.0 Å². The number of benzene rings is 5. The van der Waals surface area contributed by atoms with Gasteiger partial charge in [-0.15, -0.1) is 11.3 Å². The molecule has 5 nitrogen and oxygen atoms in total. The van der Waals surface area contributed by atoms with Gasteiger partial charge in [-0.1, -0.05) is 109 Å². The summed E-state index contributed by atoms with van der Waals surface area (Å²) in [7, 11) is 0. The first kappa shape index (κ1) is 24.1. The Balaban J connectivity index is 1.41. The molecule has 9 rings (SSSR count). The first-order valence-corrected chi connectivity index (χ1v) is 15.0. The van der Waals surface area contributed by atoms with Gasteiger partial charge in [0.15, 0.2) is 0 Å². The molecule has 0 spiro atoms. The van der Waals surface area contributed by atoms with E-state index in [1.807, 2.05) is 66.7 Å². The number of rotatable bonds is 3. The second-order valence-corrected chi connectivity index (χ2v) is 11.7. The maximum Gasteiger partial charge on any atom is 0.357 e. The van der Waals surface area contributed by atoms with Crippen LogP contribution in [0.5, 0.6) is 0 Å². The third-order valence-electron chi connectivity index (χ3n) is 8.20. The van der Waals surface area contributed by atoms with Crippen molar-refractivity contribution in [3.8, 4) is 28.3 Å². The van der Waals surface area contributed by atoms with Gasteiger partial charge >= 0.3 is 5.69 Å². The summed E-state index contributed by atoms with van der Waals surface area (Å²) in [4.78, 5) is 23.8. The third-order valence-corrected chi connectivity index (χ3v) is 9.40. The molecule has 0 bridgehead atoms. The van der Waals surface area contributed by atoms with E-state index in [9.17, 15) is 4.79 Å². The summed E-state index contributed by atoms with van der Waals surface area (Å²) in [5.74, 6) is 0.366. The van der Waals surface area contributed by atoms with Crippen LogP contribution >= 0.6 is 11.3 Å². The van der Waals surface area contributed by atoms with Gasteiger partial charge in [-0.2, -0.15) is 9.97 Å². The van der Waals surface area contributed by atoms with Gasteiger partial charge in [0.05, 0.1) is 21.4 Å². The second kappa shape index (κ2) is 9.21. The Morgan fingerprint density at radius 3 is 2.05 bits per heavy atom. The molecule has 0 saturated carbocycles. The Bertz CT molecular complexity index is 2580. The molecule has 0 fully saturated rings. The van der Waals surface area contributed by atoms with Crippen molar-refractivity contribution in [1.82, 2.24) is 18.9 Å². The minimum absolute atomic E-state index is 0.366. The van der Waals surface area contributed by atoms with E-state index >= 15 is 0 Å². The zero-order chi connectivity index (χ0) is 28.5. The normalized spacial score (nSPS) is 11.8. The molecule has 4 aromatic heterocycles. The quantitative estimate of drug-likeness (QED) is 0.213. The lowest BCUT2D eigenvalue weighted by Crippen LogP contribution is -2.23. The van der Waals surface area contributed by atoms with Crippen molar-refractivity contribution < 1.29 is 0 Å². The van der Waals surface area contributed by atoms with Crippen molar-refractivity contribution in [2.45, 2.75) is 0 Å². The highest BCUT2D eigenvalue weighted by molar-refractivity contribution is 7.26. The van der Waals surface area contributed by atoms with Gasteiger partial charge < -0.3 is 0 Å². The fourth-order valence-corrected chi connectivity index (χ4v) is 7.52. The number of hydrogen-bond acceptors (Lipinski definition) is 4. The second-order valence-electron chi connectivity index (χ2n) is 10.7. The van der Waals surface area contributed by atoms with Crippen molar-refractivity contribution in [3.63, 3.8) is 0 Å². The molecule has 0 aliphatic heterocycles. The zero-order valence-electron chi connectivity index (χ0n) is 22.8. The summed E-state index contributed by atoms with van der Waals surface area (Å²) >= 11 is 1.76. The largest absolute Gasteiger partial charge is 0.357 e. The molecular weight excluding hydrogens is 549 g/mol. The van der Waals surface area contributed by atoms with Gasteiger partial charge in [0.25, 0.3) is 0 Å². The van der Waals surface area contributed by atoms with E-state index in [1.54, 1.807) is 15.7 Å². The Labute approximate surface area is 249 Å². The zero-order valence-corrected chi connectivity index (χ0v) is 23.6. The molecule has 6 heteroatoms. The van der Waals surface area contributed by atoms with Crippen LogP contribution in [0.4, 0.5) is 0 Å². The van der Waals surface area contributed by atoms with Crippen molar-refractivity contribution in [3.05, 3.63) is 144 Å². The molecule has 0 aliphatic carbocycles. The molecule has 0 atom stereocenters. The van der Waals surface area contributed by atoms with E-state index in [0.29, 0.717) is 11.6 Å². The van der Waals surface area contributed by atoms with E-state index in [1.165, 1.54) is 15.5 Å². The van der Waals surface area contributed by atoms with Crippen molar-refractivity contribution in [2.24, 2.45) is 0 Å². The summed E-state index contributed by atoms with van der Waals surface area (Å²) in [6, 6.07) is 45.3. The highest BCUT2D eigenvalue weighted by Crippen LogP contribution is 2.42. The van der Waals surface area contributed by atoms with Gasteiger partial charge in [0, 0.05) is 26.2 Å². The summed E-state index contributed by atoms with van der Waals surface area (Å²) in [5.41, 5.74) is 5.88. The Morgan fingerprint density at radius 2 is 1.23 bits per heavy atom. The number of nitrogens with zero attached hydrogens (tertiary/aromatic N) is 4. The van der Waals surface area contributed by atoms with Crippen LogP contribution in [0.2, 0.25) is 0 Å². The minimum Gasteiger partial charge on any atom is -0.276 e. The average Bonchev–Trinajstić information content (AvgIpc) is 3.61. The van der Waals surface area contributed by atoms with Crippen LogP contribution in [-0.2, 0) is 0 Å². The number of fused-ring (bicyclic) bond motifs is 8. The first-order valence-electron chi connectivity index (χ1n) is 14.1. The molecule has 43 heavy (non-hydrogen) atoms. The van der Waals surface area contributed by atoms with Crippen molar-refractivity contribution >= 4 is 59.0 Å². The van der Waals surface area contributed by atoms with E-state index in [-0.39, 0.29) is 5.69 Å². The van der Waals surface area contributed by atoms with E-state index < -0.39 is 0 Å².